The number of benzene rings is 6. The van der Waals surface area contributed by atoms with Crippen LogP contribution in [0.4, 0.5) is 26.3 Å². The van der Waals surface area contributed by atoms with E-state index in [-0.39, 0.29) is 30.9 Å². The second kappa shape index (κ2) is 20.0. The van der Waals surface area contributed by atoms with Crippen molar-refractivity contribution in [3.05, 3.63) is 178 Å². The van der Waals surface area contributed by atoms with E-state index in [4.69, 9.17) is 9.47 Å². The lowest BCUT2D eigenvalue weighted by atomic mass is 9.73. The van der Waals surface area contributed by atoms with Crippen molar-refractivity contribution < 1.29 is 50.2 Å². The van der Waals surface area contributed by atoms with E-state index in [9.17, 15) is 35.9 Å². The van der Waals surface area contributed by atoms with Gasteiger partial charge in [-0.25, -0.2) is 0 Å². The van der Waals surface area contributed by atoms with Gasteiger partial charge in [0.1, 0.15) is 30.1 Å². The molecule has 0 radical (unpaired) electrons. The van der Waals surface area contributed by atoms with E-state index < -0.39 is 60.7 Å². The fraction of sp³-hybridized carbons (Fsp3) is 0.250. The molecule has 1 aliphatic carbocycles. The van der Waals surface area contributed by atoms with Gasteiger partial charge in [-0.15, -0.1) is 0 Å². The number of fused-ring (bicyclic) bond motifs is 3. The Hall–Kier alpha value is -7.09. The number of aryl methyl sites for hydroxylation is 1. The highest BCUT2D eigenvalue weighted by atomic mass is 19.4. The molecule has 0 saturated heterocycles. The van der Waals surface area contributed by atoms with Crippen molar-refractivity contribution in [1.82, 2.24) is 15.5 Å². The maximum absolute atomic E-state index is 15.2. The fourth-order valence-corrected chi connectivity index (χ4v) is 8.45. The standard InChI is InChI=1S/C52H47F6N3O5/c1-34-17-19-35(20-18-34)32-66-39-26-23-37(46(29-39)65-2)31-61(33-51(53,54)55)49(64)50(44-15-7-5-12-41(44)42-13-6-8-16-45(42)50)27-9-10-28-59-47(62)30-60-48(63)43-14-4-3-11-40(43)36-21-24-38(25-22-36)52(56,57)58/h3-8,11-26,29H,9-10,27-28,30-33H2,1-2H3,(H,59,62)(H,60,63). The Morgan fingerprint density at radius 2 is 1.32 bits per heavy atom. The van der Waals surface area contributed by atoms with Crippen LogP contribution in [0.3, 0.4) is 0 Å². The van der Waals surface area contributed by atoms with Gasteiger partial charge in [0.2, 0.25) is 11.8 Å². The number of unbranched alkanes of at least 4 members (excludes halogenated alkanes) is 1. The lowest BCUT2D eigenvalue weighted by Gasteiger charge is -2.37. The minimum Gasteiger partial charge on any atom is -0.496 e. The molecule has 6 aromatic rings. The minimum atomic E-state index is -4.75. The summed E-state index contributed by atoms with van der Waals surface area (Å²) in [7, 11) is 1.40. The largest absolute Gasteiger partial charge is 0.496 e. The molecule has 0 saturated carbocycles. The third-order valence-corrected chi connectivity index (χ3v) is 11.6. The Morgan fingerprint density at radius 1 is 0.697 bits per heavy atom. The Labute approximate surface area is 378 Å². The summed E-state index contributed by atoms with van der Waals surface area (Å²) >= 11 is 0. The van der Waals surface area contributed by atoms with Gasteiger partial charge in [-0.1, -0.05) is 109 Å². The maximum Gasteiger partial charge on any atom is 0.416 e. The van der Waals surface area contributed by atoms with E-state index in [0.717, 1.165) is 39.3 Å². The molecule has 8 nitrogen and oxygen atoms in total. The number of ether oxygens (including phenoxy) is 2. The van der Waals surface area contributed by atoms with Crippen molar-refractivity contribution in [2.24, 2.45) is 0 Å². The van der Waals surface area contributed by atoms with Crippen molar-refractivity contribution >= 4 is 17.7 Å². The summed E-state index contributed by atoms with van der Waals surface area (Å²) in [6.07, 6.45) is -8.49. The molecule has 6 aromatic carbocycles. The van der Waals surface area contributed by atoms with Crippen LogP contribution in [0.15, 0.2) is 140 Å². The minimum absolute atomic E-state index is 0.116. The molecule has 1 aliphatic rings. The Balaban J connectivity index is 1.05. The summed E-state index contributed by atoms with van der Waals surface area (Å²) in [6.45, 7) is 0.0270. The first kappa shape index (κ1) is 46.9. The summed E-state index contributed by atoms with van der Waals surface area (Å²) in [5, 5.41) is 5.32. The topological polar surface area (TPSA) is 97.0 Å². The molecular weight excluding hydrogens is 861 g/mol. The molecule has 0 bridgehead atoms. The lowest BCUT2D eigenvalue weighted by molar-refractivity contribution is -0.165. The molecule has 0 fully saturated rings. The van der Waals surface area contributed by atoms with Crippen molar-refractivity contribution in [3.8, 4) is 33.8 Å². The number of hydrogen-bond donors (Lipinski definition) is 2. The number of amides is 3. The Morgan fingerprint density at radius 3 is 1.94 bits per heavy atom. The predicted octanol–water partition coefficient (Wildman–Crippen LogP) is 10.8. The molecule has 0 aromatic heterocycles. The molecule has 0 atom stereocenters. The number of methoxy groups -OCH3 is 1. The number of hydrogen-bond acceptors (Lipinski definition) is 5. The second-order valence-electron chi connectivity index (χ2n) is 16.1. The first-order chi connectivity index (χ1) is 31.6. The first-order valence-electron chi connectivity index (χ1n) is 21.3. The van der Waals surface area contributed by atoms with Crippen LogP contribution in [0, 0.1) is 6.92 Å². The zero-order valence-electron chi connectivity index (χ0n) is 36.2. The van der Waals surface area contributed by atoms with Gasteiger partial charge in [0.15, 0.2) is 0 Å². The molecular formula is C52H47F6N3O5. The van der Waals surface area contributed by atoms with Crippen LogP contribution in [-0.4, -0.2) is 55.5 Å². The van der Waals surface area contributed by atoms with Crippen molar-refractivity contribution in [3.63, 3.8) is 0 Å². The molecule has 0 spiro atoms. The molecule has 14 heteroatoms. The number of rotatable bonds is 17. The monoisotopic (exact) mass is 907 g/mol. The highest BCUT2D eigenvalue weighted by molar-refractivity contribution is 6.02. The van der Waals surface area contributed by atoms with Crippen molar-refractivity contribution in [2.75, 3.05) is 26.7 Å². The number of carbonyl (C=O) groups excluding carboxylic acids is 3. The van der Waals surface area contributed by atoms with Crippen LogP contribution in [-0.2, 0) is 34.3 Å². The quantitative estimate of drug-likeness (QED) is 0.0702. The van der Waals surface area contributed by atoms with E-state index in [2.05, 4.69) is 10.6 Å². The zero-order chi connectivity index (χ0) is 47.1. The average molecular weight is 908 g/mol. The number of alkyl halides is 6. The normalized spacial score (nSPS) is 12.7. The van der Waals surface area contributed by atoms with Crippen LogP contribution < -0.4 is 20.1 Å². The Kier molecular flexibility index (Phi) is 14.2. The van der Waals surface area contributed by atoms with Crippen LogP contribution in [0.1, 0.15) is 63.0 Å². The molecule has 2 N–H and O–H groups in total. The van der Waals surface area contributed by atoms with Gasteiger partial charge in [-0.3, -0.25) is 14.4 Å². The molecule has 7 rings (SSSR count). The van der Waals surface area contributed by atoms with Gasteiger partial charge in [-0.05, 0) is 95.5 Å². The summed E-state index contributed by atoms with van der Waals surface area (Å²) in [5.74, 6) is -1.16. The smallest absolute Gasteiger partial charge is 0.416 e. The van der Waals surface area contributed by atoms with E-state index in [0.29, 0.717) is 46.4 Å². The SMILES string of the molecule is COc1cc(OCc2ccc(C)cc2)ccc1CN(CC(F)(F)F)C(=O)C1(CCCCNC(=O)CNC(=O)c2ccccc2-c2ccc(C(F)(F)F)cc2)c2ccccc2-c2ccccc21. The third-order valence-electron chi connectivity index (χ3n) is 11.6. The van der Waals surface area contributed by atoms with E-state index >= 15 is 4.79 Å². The molecule has 342 valence electrons. The number of halogens is 6. The average Bonchev–Trinajstić information content (AvgIpc) is 3.59. The van der Waals surface area contributed by atoms with Gasteiger partial charge >= 0.3 is 12.4 Å². The third kappa shape index (κ3) is 10.7. The molecule has 0 heterocycles. The fourth-order valence-electron chi connectivity index (χ4n) is 8.45. The Bertz CT molecular complexity index is 2640. The van der Waals surface area contributed by atoms with Crippen LogP contribution in [0.5, 0.6) is 11.5 Å². The van der Waals surface area contributed by atoms with Gasteiger partial charge in [0.25, 0.3) is 5.91 Å². The predicted molar refractivity (Wildman–Crippen MR) is 239 cm³/mol. The molecule has 66 heavy (non-hydrogen) atoms. The highest BCUT2D eigenvalue weighted by Gasteiger charge is 2.51. The van der Waals surface area contributed by atoms with Crippen LogP contribution in [0.2, 0.25) is 0 Å². The maximum atomic E-state index is 15.2. The highest BCUT2D eigenvalue weighted by Crippen LogP contribution is 2.53. The van der Waals surface area contributed by atoms with Gasteiger partial charge in [-0.2, -0.15) is 26.3 Å². The van der Waals surface area contributed by atoms with E-state index in [1.54, 1.807) is 60.7 Å². The van der Waals surface area contributed by atoms with Crippen LogP contribution in [0.25, 0.3) is 22.3 Å². The first-order valence-corrected chi connectivity index (χ1v) is 21.3. The van der Waals surface area contributed by atoms with Crippen molar-refractivity contribution in [1.29, 1.82) is 0 Å². The summed E-state index contributed by atoms with van der Waals surface area (Å²) in [6, 6.07) is 37.8. The van der Waals surface area contributed by atoms with E-state index in [1.807, 2.05) is 55.5 Å². The van der Waals surface area contributed by atoms with E-state index in [1.165, 1.54) is 25.3 Å². The van der Waals surface area contributed by atoms with Gasteiger partial charge < -0.3 is 25.0 Å². The summed E-state index contributed by atoms with van der Waals surface area (Å²) in [4.78, 5) is 42.2. The molecule has 3 amide bonds. The molecule has 0 aliphatic heterocycles. The zero-order valence-corrected chi connectivity index (χ0v) is 36.2. The number of nitrogens with zero attached hydrogens (tertiary/aromatic N) is 1. The molecule has 0 unspecified atom stereocenters. The van der Waals surface area contributed by atoms with Crippen LogP contribution >= 0.6 is 0 Å². The number of nitrogens with one attached hydrogen (secondary N) is 2. The lowest BCUT2D eigenvalue weighted by Crippen LogP contribution is -2.49. The van der Waals surface area contributed by atoms with Gasteiger partial charge in [0.05, 0.1) is 19.2 Å². The van der Waals surface area contributed by atoms with Gasteiger partial charge in [0, 0.05) is 30.3 Å². The number of carbonyl (C=O) groups is 3. The summed E-state index contributed by atoms with van der Waals surface area (Å²) < 4.78 is 94.7. The van der Waals surface area contributed by atoms with Crippen molar-refractivity contribution in [2.45, 2.75) is 57.1 Å². The summed E-state index contributed by atoms with van der Waals surface area (Å²) in [5.41, 5.74) is 3.62. The second-order valence-corrected chi connectivity index (χ2v) is 16.1.